The number of nitrogens with zero attached hydrogens (tertiary/aromatic N) is 5. The highest BCUT2D eigenvalue weighted by Gasteiger charge is 2.38. The first-order valence-corrected chi connectivity index (χ1v) is 11.4. The highest BCUT2D eigenvalue weighted by molar-refractivity contribution is 7.21. The topological polar surface area (TPSA) is 116 Å². The van der Waals surface area contributed by atoms with Crippen molar-refractivity contribution in [3.63, 3.8) is 0 Å². The number of aromatic nitrogens is 4. The predicted molar refractivity (Wildman–Crippen MR) is 130 cm³/mol. The van der Waals surface area contributed by atoms with E-state index in [0.717, 1.165) is 33.2 Å². The van der Waals surface area contributed by atoms with Crippen molar-refractivity contribution in [2.45, 2.75) is 19.6 Å². The van der Waals surface area contributed by atoms with Crippen molar-refractivity contribution in [3.8, 4) is 16.9 Å². The monoisotopic (exact) mass is 499 g/mol. The molecule has 4 aromatic rings. The van der Waals surface area contributed by atoms with Gasteiger partial charge in [0.15, 0.2) is 10.8 Å². The molecule has 4 N–H and O–H groups in total. The van der Waals surface area contributed by atoms with Gasteiger partial charge in [-0.2, -0.15) is 18.2 Å². The average molecular weight is 500 g/mol. The van der Waals surface area contributed by atoms with Crippen molar-refractivity contribution in [2.24, 2.45) is 0 Å². The van der Waals surface area contributed by atoms with Crippen LogP contribution in [0, 0.1) is 6.92 Å². The van der Waals surface area contributed by atoms with E-state index < -0.39 is 17.8 Å². The van der Waals surface area contributed by atoms with Gasteiger partial charge in [0, 0.05) is 29.4 Å². The fraction of sp³-hybridized carbons (Fsp3) is 0.217. The van der Waals surface area contributed by atoms with E-state index >= 15 is 0 Å². The second-order valence-corrected chi connectivity index (χ2v) is 9.03. The Labute approximate surface area is 202 Å². The lowest BCUT2D eigenvalue weighted by atomic mass is 9.99. The van der Waals surface area contributed by atoms with Crippen LogP contribution >= 0.6 is 11.3 Å². The molecule has 35 heavy (non-hydrogen) atoms. The molecular formula is C23H20F3N7OS. The van der Waals surface area contributed by atoms with Crippen LogP contribution in [0.3, 0.4) is 0 Å². The molecule has 0 fully saturated rings. The molecule has 8 nitrogen and oxygen atoms in total. The maximum Gasteiger partial charge on any atom is 0.434 e. The van der Waals surface area contributed by atoms with E-state index in [0.29, 0.717) is 22.9 Å². The van der Waals surface area contributed by atoms with Crippen molar-refractivity contribution in [1.29, 1.82) is 0 Å². The smallest absolute Gasteiger partial charge is 0.434 e. The van der Waals surface area contributed by atoms with Crippen LogP contribution in [-0.4, -0.2) is 33.1 Å². The Bertz CT molecular complexity index is 1470. The zero-order chi connectivity index (χ0) is 24.9. The summed E-state index contributed by atoms with van der Waals surface area (Å²) in [6.45, 7) is 6.27. The lowest BCUT2D eigenvalue weighted by molar-refractivity contribution is -0.141. The number of hydrogen-bond acceptors (Lipinski definition) is 9. The maximum absolute atomic E-state index is 13.6. The molecule has 12 heteroatoms. The first kappa shape index (κ1) is 22.8. The quantitative estimate of drug-likeness (QED) is 0.417. The van der Waals surface area contributed by atoms with E-state index in [2.05, 4.69) is 26.5 Å². The molecule has 0 bridgehead atoms. The Hall–Kier alpha value is -3.93. The van der Waals surface area contributed by atoms with E-state index in [9.17, 15) is 13.2 Å². The van der Waals surface area contributed by atoms with Gasteiger partial charge in [-0.05, 0) is 36.2 Å². The molecular weight excluding hydrogens is 479 g/mol. The third-order valence-electron chi connectivity index (χ3n) is 5.63. The molecule has 1 aliphatic rings. The summed E-state index contributed by atoms with van der Waals surface area (Å²) < 4.78 is 46.9. The first-order chi connectivity index (χ1) is 16.6. The predicted octanol–water partition coefficient (Wildman–Crippen LogP) is 4.68. The summed E-state index contributed by atoms with van der Waals surface area (Å²) in [7, 11) is 0. The van der Waals surface area contributed by atoms with Crippen molar-refractivity contribution in [3.05, 3.63) is 53.4 Å². The highest BCUT2D eigenvalue weighted by Crippen LogP contribution is 2.38. The largest absolute Gasteiger partial charge is 0.491 e. The van der Waals surface area contributed by atoms with E-state index in [-0.39, 0.29) is 24.5 Å². The van der Waals surface area contributed by atoms with Crippen molar-refractivity contribution >= 4 is 44.7 Å². The van der Waals surface area contributed by atoms with Crippen molar-refractivity contribution < 1.29 is 17.9 Å². The SMILES string of the molecule is C=Cc1c(N2CCOc3c(C)cc(-c4cnc5sc(N)nc5c4)cc3C2)nc(N)nc1C(F)(F)F. The number of ether oxygens (including phenoxy) is 1. The minimum atomic E-state index is -4.70. The number of aryl methyl sites for hydroxylation is 1. The number of thiazole rings is 1. The summed E-state index contributed by atoms with van der Waals surface area (Å²) in [5, 5.41) is 0.437. The standard InChI is InChI=1S/C23H20F3N7OS/c1-3-15-18(23(24,25)26)31-21(27)32-19(15)33-4-5-34-17-11(2)6-12(7-14(17)10-33)13-8-16-20(29-9-13)35-22(28)30-16/h3,6-9H,1,4-5,10H2,2H3,(H2,28,30)(H2,27,31,32). The molecule has 0 spiro atoms. The summed E-state index contributed by atoms with van der Waals surface area (Å²) in [5.74, 6) is 0.275. The summed E-state index contributed by atoms with van der Waals surface area (Å²) >= 11 is 1.31. The van der Waals surface area contributed by atoms with Gasteiger partial charge in [0.1, 0.15) is 28.5 Å². The summed E-state index contributed by atoms with van der Waals surface area (Å²) in [6.07, 6.45) is -1.86. The Morgan fingerprint density at radius 2 is 1.94 bits per heavy atom. The lowest BCUT2D eigenvalue weighted by Crippen LogP contribution is -2.29. The van der Waals surface area contributed by atoms with Crippen LogP contribution in [-0.2, 0) is 12.7 Å². The van der Waals surface area contributed by atoms with E-state index in [1.54, 1.807) is 11.1 Å². The van der Waals surface area contributed by atoms with Gasteiger partial charge in [0.2, 0.25) is 5.95 Å². The molecule has 5 rings (SSSR count). The van der Waals surface area contributed by atoms with E-state index in [1.807, 2.05) is 25.1 Å². The van der Waals surface area contributed by atoms with Crippen LogP contribution in [0.5, 0.6) is 5.75 Å². The molecule has 0 radical (unpaired) electrons. The van der Waals surface area contributed by atoms with Gasteiger partial charge in [-0.25, -0.2) is 15.0 Å². The van der Waals surface area contributed by atoms with Crippen LogP contribution in [0.2, 0.25) is 0 Å². The Balaban J connectivity index is 1.59. The average Bonchev–Trinajstić information content (AvgIpc) is 3.03. The number of rotatable bonds is 3. The molecule has 0 amide bonds. The normalized spacial score (nSPS) is 13.9. The molecule has 4 heterocycles. The van der Waals surface area contributed by atoms with Gasteiger partial charge < -0.3 is 21.1 Å². The highest BCUT2D eigenvalue weighted by atomic mass is 32.1. The molecule has 0 saturated carbocycles. The van der Waals surface area contributed by atoms with Gasteiger partial charge in [0.25, 0.3) is 0 Å². The van der Waals surface area contributed by atoms with Crippen LogP contribution in [0.25, 0.3) is 27.6 Å². The number of anilines is 3. The molecule has 1 aromatic carbocycles. The number of halogens is 3. The number of benzene rings is 1. The lowest BCUT2D eigenvalue weighted by Gasteiger charge is -2.24. The minimum Gasteiger partial charge on any atom is -0.491 e. The number of hydrogen-bond donors (Lipinski definition) is 2. The van der Waals surface area contributed by atoms with E-state index in [4.69, 9.17) is 16.2 Å². The number of pyridine rings is 1. The van der Waals surface area contributed by atoms with Crippen LogP contribution in [0.15, 0.2) is 31.0 Å². The molecule has 0 aliphatic carbocycles. The van der Waals surface area contributed by atoms with Gasteiger partial charge in [0.05, 0.1) is 6.54 Å². The molecule has 0 unspecified atom stereocenters. The van der Waals surface area contributed by atoms with Gasteiger partial charge in [-0.3, -0.25) is 0 Å². The zero-order valence-electron chi connectivity index (χ0n) is 18.6. The summed E-state index contributed by atoms with van der Waals surface area (Å²) in [4.78, 5) is 18.8. The molecule has 180 valence electrons. The third-order valence-corrected chi connectivity index (χ3v) is 6.44. The minimum absolute atomic E-state index is 0.0559. The molecule has 0 saturated heterocycles. The van der Waals surface area contributed by atoms with Crippen LogP contribution < -0.4 is 21.1 Å². The second kappa shape index (κ2) is 8.38. The molecule has 0 atom stereocenters. The second-order valence-electron chi connectivity index (χ2n) is 8.02. The Morgan fingerprint density at radius 1 is 1.14 bits per heavy atom. The van der Waals surface area contributed by atoms with Crippen molar-refractivity contribution in [1.82, 2.24) is 19.9 Å². The first-order valence-electron chi connectivity index (χ1n) is 10.5. The number of nitrogens with two attached hydrogens (primary N) is 2. The van der Waals surface area contributed by atoms with E-state index in [1.165, 1.54) is 11.3 Å². The molecule has 1 aliphatic heterocycles. The number of alkyl halides is 3. The van der Waals surface area contributed by atoms with Gasteiger partial charge >= 0.3 is 6.18 Å². The fourth-order valence-corrected chi connectivity index (χ4v) is 4.83. The van der Waals surface area contributed by atoms with Gasteiger partial charge in [-0.1, -0.05) is 24.0 Å². The Kier molecular flexibility index (Phi) is 5.47. The zero-order valence-corrected chi connectivity index (χ0v) is 19.4. The fourth-order valence-electron chi connectivity index (χ4n) is 4.18. The summed E-state index contributed by atoms with van der Waals surface area (Å²) in [6, 6.07) is 5.82. The molecule has 3 aromatic heterocycles. The number of fused-ring (bicyclic) bond motifs is 2. The van der Waals surface area contributed by atoms with Crippen molar-refractivity contribution in [2.75, 3.05) is 29.5 Å². The summed E-state index contributed by atoms with van der Waals surface area (Å²) in [5.41, 5.74) is 14.2. The third kappa shape index (κ3) is 4.20. The Morgan fingerprint density at radius 3 is 2.69 bits per heavy atom. The van der Waals surface area contributed by atoms with Crippen LogP contribution in [0.4, 0.5) is 30.1 Å². The number of nitrogen functional groups attached to an aromatic ring is 2. The maximum atomic E-state index is 13.6. The van der Waals surface area contributed by atoms with Crippen LogP contribution in [0.1, 0.15) is 22.4 Å². The van der Waals surface area contributed by atoms with Gasteiger partial charge in [-0.15, -0.1) is 0 Å².